The van der Waals surface area contributed by atoms with Gasteiger partial charge in [-0.15, -0.1) is 0 Å². The van der Waals surface area contributed by atoms with E-state index in [0.29, 0.717) is 11.8 Å². The molecule has 0 spiro atoms. The summed E-state index contributed by atoms with van der Waals surface area (Å²) in [4.78, 5) is 13.7. The number of rotatable bonds is 6. The monoisotopic (exact) mass is 334 g/mol. The summed E-state index contributed by atoms with van der Waals surface area (Å²) in [5, 5.41) is 0. The molecule has 2 saturated heterocycles. The number of anilines is 2. The third-order valence-electron chi connectivity index (χ3n) is 4.96. The van der Waals surface area contributed by atoms with E-state index in [9.17, 15) is 0 Å². The zero-order valence-corrected chi connectivity index (χ0v) is 15.0. The van der Waals surface area contributed by atoms with E-state index in [1.165, 1.54) is 12.8 Å². The van der Waals surface area contributed by atoms with Crippen LogP contribution in [0.15, 0.2) is 12.4 Å². The molecule has 24 heavy (non-hydrogen) atoms. The summed E-state index contributed by atoms with van der Waals surface area (Å²) in [7, 11) is 4.22. The maximum Gasteiger partial charge on any atom is 0.171 e. The van der Waals surface area contributed by atoms with Crippen LogP contribution in [0.2, 0.25) is 0 Å². The molecule has 2 fully saturated rings. The Morgan fingerprint density at radius 1 is 0.875 bits per heavy atom. The average Bonchev–Trinajstić information content (AvgIpc) is 2.63. The van der Waals surface area contributed by atoms with Crippen molar-refractivity contribution in [2.45, 2.75) is 25.7 Å². The standard InChI is InChI=1S/C18H30N4O2/c1-21(11-15-5-3-9-23-13-15)17-18(20-8-7-19-17)22(2)12-16-6-4-10-24-14-16/h7-8,15-16H,3-6,9-14H2,1-2H3/t15-,16+. The minimum atomic E-state index is 0.579. The second-order valence-electron chi connectivity index (χ2n) is 7.13. The van der Waals surface area contributed by atoms with E-state index in [1.807, 2.05) is 0 Å². The fourth-order valence-electron chi connectivity index (χ4n) is 3.71. The molecule has 134 valence electrons. The molecule has 0 radical (unpaired) electrons. The highest BCUT2D eigenvalue weighted by atomic mass is 16.5. The van der Waals surface area contributed by atoms with Crippen molar-refractivity contribution < 1.29 is 9.47 Å². The van der Waals surface area contributed by atoms with Gasteiger partial charge in [0.05, 0.1) is 13.2 Å². The minimum Gasteiger partial charge on any atom is -0.381 e. The smallest absolute Gasteiger partial charge is 0.171 e. The van der Waals surface area contributed by atoms with Crippen LogP contribution in [-0.2, 0) is 9.47 Å². The van der Waals surface area contributed by atoms with Gasteiger partial charge in [0.15, 0.2) is 11.6 Å². The highest BCUT2D eigenvalue weighted by molar-refractivity contribution is 5.61. The van der Waals surface area contributed by atoms with Gasteiger partial charge in [-0.2, -0.15) is 0 Å². The first-order chi connectivity index (χ1) is 11.7. The lowest BCUT2D eigenvalue weighted by molar-refractivity contribution is 0.0573. The summed E-state index contributed by atoms with van der Waals surface area (Å²) >= 11 is 0. The molecular formula is C18H30N4O2. The lowest BCUT2D eigenvalue weighted by atomic mass is 10.0. The van der Waals surface area contributed by atoms with Crippen LogP contribution in [0.4, 0.5) is 11.6 Å². The highest BCUT2D eigenvalue weighted by Crippen LogP contribution is 2.26. The first-order valence-corrected chi connectivity index (χ1v) is 9.13. The highest BCUT2D eigenvalue weighted by Gasteiger charge is 2.22. The fraction of sp³-hybridized carbons (Fsp3) is 0.778. The first kappa shape index (κ1) is 17.4. The third-order valence-corrected chi connectivity index (χ3v) is 4.96. The molecule has 0 N–H and O–H groups in total. The molecule has 2 aliphatic heterocycles. The molecule has 0 bridgehead atoms. The van der Waals surface area contributed by atoms with Crippen molar-refractivity contribution >= 4 is 11.6 Å². The first-order valence-electron chi connectivity index (χ1n) is 9.13. The SMILES string of the molecule is CN(C[C@@H]1CCCOC1)c1nccnc1N(C)C[C@H]1CCCOC1. The van der Waals surface area contributed by atoms with Crippen molar-refractivity contribution in [1.82, 2.24) is 9.97 Å². The lowest BCUT2D eigenvalue weighted by Gasteiger charge is -2.32. The van der Waals surface area contributed by atoms with Gasteiger partial charge in [-0.3, -0.25) is 0 Å². The van der Waals surface area contributed by atoms with Gasteiger partial charge in [-0.25, -0.2) is 9.97 Å². The normalized spacial score (nSPS) is 24.6. The number of nitrogens with zero attached hydrogens (tertiary/aromatic N) is 4. The summed E-state index contributed by atoms with van der Waals surface area (Å²) < 4.78 is 11.2. The van der Waals surface area contributed by atoms with Crippen molar-refractivity contribution in [1.29, 1.82) is 0 Å². The van der Waals surface area contributed by atoms with Gasteiger partial charge in [-0.1, -0.05) is 0 Å². The molecule has 0 saturated carbocycles. The van der Waals surface area contributed by atoms with E-state index >= 15 is 0 Å². The molecule has 6 nitrogen and oxygen atoms in total. The maximum absolute atomic E-state index is 5.61. The number of hydrogen-bond acceptors (Lipinski definition) is 6. The van der Waals surface area contributed by atoms with Crippen LogP contribution in [0.5, 0.6) is 0 Å². The van der Waals surface area contributed by atoms with Gasteiger partial charge in [-0.05, 0) is 37.5 Å². The zero-order chi connectivity index (χ0) is 16.8. The van der Waals surface area contributed by atoms with Crippen molar-refractivity contribution in [3.63, 3.8) is 0 Å². The molecule has 3 heterocycles. The van der Waals surface area contributed by atoms with E-state index < -0.39 is 0 Å². The predicted molar refractivity (Wildman–Crippen MR) is 95.7 cm³/mol. The van der Waals surface area contributed by atoms with Crippen molar-refractivity contribution in [3.05, 3.63) is 12.4 Å². The molecule has 6 heteroatoms. The second-order valence-corrected chi connectivity index (χ2v) is 7.13. The summed E-state index contributed by atoms with van der Waals surface area (Å²) in [5.41, 5.74) is 0. The Hall–Kier alpha value is -1.40. The van der Waals surface area contributed by atoms with E-state index in [1.54, 1.807) is 12.4 Å². The van der Waals surface area contributed by atoms with Crippen LogP contribution in [0.25, 0.3) is 0 Å². The minimum absolute atomic E-state index is 0.579. The van der Waals surface area contributed by atoms with Crippen LogP contribution in [0.3, 0.4) is 0 Å². The molecule has 2 atom stereocenters. The van der Waals surface area contributed by atoms with Gasteiger partial charge in [0.25, 0.3) is 0 Å². The number of aromatic nitrogens is 2. The van der Waals surface area contributed by atoms with Crippen LogP contribution < -0.4 is 9.80 Å². The second kappa shape index (κ2) is 8.62. The van der Waals surface area contributed by atoms with Gasteiger partial charge >= 0.3 is 0 Å². The Morgan fingerprint density at radius 3 is 1.71 bits per heavy atom. The average molecular weight is 334 g/mol. The predicted octanol–water partition coefficient (Wildman–Crippen LogP) is 2.20. The van der Waals surface area contributed by atoms with E-state index in [2.05, 4.69) is 33.9 Å². The zero-order valence-electron chi connectivity index (χ0n) is 15.0. The van der Waals surface area contributed by atoms with E-state index in [4.69, 9.17) is 9.47 Å². The molecule has 1 aromatic rings. The maximum atomic E-state index is 5.61. The van der Waals surface area contributed by atoms with Crippen molar-refractivity contribution in [2.75, 3.05) is 63.4 Å². The van der Waals surface area contributed by atoms with Gasteiger partial charge in [0.1, 0.15) is 0 Å². The molecular weight excluding hydrogens is 304 g/mol. The molecule has 0 amide bonds. The summed E-state index contributed by atoms with van der Waals surface area (Å²) in [5.74, 6) is 3.08. The molecule has 0 aromatic carbocycles. The fourth-order valence-corrected chi connectivity index (χ4v) is 3.71. The van der Waals surface area contributed by atoms with E-state index in [-0.39, 0.29) is 0 Å². The summed E-state index contributed by atoms with van der Waals surface area (Å²) in [6.45, 7) is 5.45. The molecule has 0 aliphatic carbocycles. The van der Waals surface area contributed by atoms with Crippen LogP contribution in [0.1, 0.15) is 25.7 Å². The van der Waals surface area contributed by atoms with Crippen LogP contribution in [0, 0.1) is 11.8 Å². The lowest BCUT2D eigenvalue weighted by Crippen LogP contribution is -2.35. The van der Waals surface area contributed by atoms with Crippen LogP contribution in [-0.4, -0.2) is 63.6 Å². The number of hydrogen-bond donors (Lipinski definition) is 0. The Balaban J connectivity index is 1.64. The Labute approximate surface area is 145 Å². The molecule has 0 unspecified atom stereocenters. The van der Waals surface area contributed by atoms with Crippen LogP contribution >= 0.6 is 0 Å². The Morgan fingerprint density at radius 2 is 1.33 bits per heavy atom. The molecule has 1 aromatic heterocycles. The van der Waals surface area contributed by atoms with Crippen molar-refractivity contribution in [2.24, 2.45) is 11.8 Å². The Bertz CT molecular complexity index is 457. The largest absolute Gasteiger partial charge is 0.381 e. The van der Waals surface area contributed by atoms with Gasteiger partial charge in [0, 0.05) is 52.8 Å². The quantitative estimate of drug-likeness (QED) is 0.795. The summed E-state index contributed by atoms with van der Waals surface area (Å²) in [6, 6.07) is 0. The summed E-state index contributed by atoms with van der Waals surface area (Å²) in [6.07, 6.45) is 8.35. The van der Waals surface area contributed by atoms with E-state index in [0.717, 1.165) is 64.0 Å². The molecule has 2 aliphatic rings. The third kappa shape index (κ3) is 4.57. The van der Waals surface area contributed by atoms with Gasteiger partial charge < -0.3 is 19.3 Å². The van der Waals surface area contributed by atoms with Crippen molar-refractivity contribution in [3.8, 4) is 0 Å². The number of ether oxygens (including phenoxy) is 2. The Kier molecular flexibility index (Phi) is 6.26. The van der Waals surface area contributed by atoms with Gasteiger partial charge in [0.2, 0.25) is 0 Å². The topological polar surface area (TPSA) is 50.7 Å². The molecule has 3 rings (SSSR count).